The third-order valence-electron chi connectivity index (χ3n) is 1.31. The fourth-order valence-electron chi connectivity index (χ4n) is 0.817. The molecule has 0 radical (unpaired) electrons. The Bertz CT molecular complexity index is 91.6. The first-order valence-electron chi connectivity index (χ1n) is 4.64. The molecule has 70 valence electrons. The predicted octanol–water partition coefficient (Wildman–Crippen LogP) is 2.83. The number of hydrogen-bond donors (Lipinski definition) is 0. The van der Waals surface area contributed by atoms with Crippen molar-refractivity contribution in [3.63, 3.8) is 0 Å². The normalized spacial score (nSPS) is 27.7. The summed E-state index contributed by atoms with van der Waals surface area (Å²) in [5, 5.41) is 0. The molecule has 1 rings (SSSR count). The van der Waals surface area contributed by atoms with Crippen molar-refractivity contribution >= 4 is 10.8 Å². The molecule has 0 saturated carbocycles. The molecule has 1 saturated heterocycles. The topological polar surface area (TPSA) is 17.1 Å². The van der Waals surface area contributed by atoms with Crippen molar-refractivity contribution in [2.75, 3.05) is 11.5 Å². The van der Waals surface area contributed by atoms with Gasteiger partial charge in [-0.15, -0.1) is 0 Å². The average Bonchev–Trinajstić information content (AvgIpc) is 2.43. The lowest BCUT2D eigenvalue weighted by Crippen LogP contribution is -1.92. The molecule has 0 aliphatic carbocycles. The van der Waals surface area contributed by atoms with E-state index in [4.69, 9.17) is 0 Å². The van der Waals surface area contributed by atoms with Crippen LogP contribution in [0.3, 0.4) is 0 Å². The van der Waals surface area contributed by atoms with E-state index in [9.17, 15) is 4.21 Å². The maximum Gasteiger partial charge on any atom is 0.0260 e. The van der Waals surface area contributed by atoms with E-state index in [1.54, 1.807) is 0 Å². The van der Waals surface area contributed by atoms with E-state index >= 15 is 0 Å². The number of hydrogen-bond acceptors (Lipinski definition) is 1. The predicted molar refractivity (Wildman–Crippen MR) is 54.4 cm³/mol. The number of rotatable bonds is 0. The molecule has 1 fully saturated rings. The SMILES string of the molecule is CC.CC.CC1CCS(=O)C1. The Balaban J connectivity index is 0. The largest absolute Gasteiger partial charge is 0.260 e. The minimum atomic E-state index is -0.453. The van der Waals surface area contributed by atoms with E-state index in [0.29, 0.717) is 0 Å². The zero-order chi connectivity index (χ0) is 9.28. The lowest BCUT2D eigenvalue weighted by Gasteiger charge is -1.89. The van der Waals surface area contributed by atoms with Gasteiger partial charge in [0, 0.05) is 22.3 Å². The van der Waals surface area contributed by atoms with Crippen molar-refractivity contribution < 1.29 is 4.21 Å². The lowest BCUT2D eigenvalue weighted by molar-refractivity contribution is 0.664. The van der Waals surface area contributed by atoms with Gasteiger partial charge in [-0.05, 0) is 12.3 Å². The van der Waals surface area contributed by atoms with Gasteiger partial charge in [-0.1, -0.05) is 34.6 Å². The Hall–Kier alpha value is 0.150. The molecule has 0 amide bonds. The highest BCUT2D eigenvalue weighted by molar-refractivity contribution is 7.85. The summed E-state index contributed by atoms with van der Waals surface area (Å²) in [6.45, 7) is 10.2. The van der Waals surface area contributed by atoms with Gasteiger partial charge in [0.2, 0.25) is 0 Å². The molecule has 0 aromatic heterocycles. The molecule has 0 N–H and O–H groups in total. The van der Waals surface area contributed by atoms with Gasteiger partial charge < -0.3 is 0 Å². The van der Waals surface area contributed by atoms with Crippen LogP contribution in [0.5, 0.6) is 0 Å². The van der Waals surface area contributed by atoms with Crippen LogP contribution >= 0.6 is 0 Å². The van der Waals surface area contributed by atoms with Crippen LogP contribution in [0.25, 0.3) is 0 Å². The quantitative estimate of drug-likeness (QED) is 0.557. The Morgan fingerprint density at radius 3 is 1.73 bits per heavy atom. The minimum Gasteiger partial charge on any atom is -0.260 e. The monoisotopic (exact) mass is 178 g/mol. The summed E-state index contributed by atoms with van der Waals surface area (Å²) >= 11 is 0. The highest BCUT2D eigenvalue weighted by Crippen LogP contribution is 2.12. The van der Waals surface area contributed by atoms with Gasteiger partial charge in [-0.25, -0.2) is 0 Å². The van der Waals surface area contributed by atoms with Crippen molar-refractivity contribution in [2.24, 2.45) is 5.92 Å². The van der Waals surface area contributed by atoms with Crippen LogP contribution in [0.1, 0.15) is 41.0 Å². The molecule has 0 aromatic rings. The zero-order valence-electron chi connectivity index (χ0n) is 8.52. The van der Waals surface area contributed by atoms with E-state index < -0.39 is 10.8 Å². The van der Waals surface area contributed by atoms with Gasteiger partial charge in [0.05, 0.1) is 0 Å². The second kappa shape index (κ2) is 10.2. The molecule has 1 aliphatic rings. The van der Waals surface area contributed by atoms with Crippen molar-refractivity contribution in [1.82, 2.24) is 0 Å². The smallest absolute Gasteiger partial charge is 0.0260 e. The first-order valence-corrected chi connectivity index (χ1v) is 6.13. The standard InChI is InChI=1S/C5H10OS.2C2H6/c1-5-2-3-7(6)4-5;2*1-2/h5H,2-4H2,1H3;2*1-2H3. The van der Waals surface area contributed by atoms with E-state index in [1.165, 1.54) is 6.42 Å². The fourth-order valence-corrected chi connectivity index (χ4v) is 2.45. The molecule has 0 bridgehead atoms. The van der Waals surface area contributed by atoms with Gasteiger partial charge in [-0.3, -0.25) is 4.21 Å². The Labute approximate surface area is 74.0 Å². The van der Waals surface area contributed by atoms with Gasteiger partial charge in [0.1, 0.15) is 0 Å². The molecule has 2 atom stereocenters. The zero-order valence-corrected chi connectivity index (χ0v) is 9.33. The summed E-state index contributed by atoms with van der Waals surface area (Å²) in [4.78, 5) is 0. The molecule has 2 unspecified atom stereocenters. The molecular weight excluding hydrogens is 156 g/mol. The third-order valence-corrected chi connectivity index (χ3v) is 2.94. The molecule has 1 heterocycles. The van der Waals surface area contributed by atoms with Crippen molar-refractivity contribution in [3.05, 3.63) is 0 Å². The summed E-state index contributed by atoms with van der Waals surface area (Å²) in [5.41, 5.74) is 0. The molecule has 1 nitrogen and oxygen atoms in total. The van der Waals surface area contributed by atoms with E-state index in [-0.39, 0.29) is 0 Å². The van der Waals surface area contributed by atoms with Gasteiger partial charge in [0.25, 0.3) is 0 Å². The lowest BCUT2D eigenvalue weighted by atomic mass is 10.2. The molecule has 2 heteroatoms. The maximum atomic E-state index is 10.6. The summed E-state index contributed by atoms with van der Waals surface area (Å²) in [6.07, 6.45) is 1.17. The Morgan fingerprint density at radius 2 is 1.64 bits per heavy atom. The van der Waals surface area contributed by atoms with Gasteiger partial charge in [-0.2, -0.15) is 0 Å². The molecule has 0 aromatic carbocycles. The summed E-state index contributed by atoms with van der Waals surface area (Å²) in [7, 11) is -0.453. The second-order valence-corrected chi connectivity index (χ2v) is 3.83. The van der Waals surface area contributed by atoms with Crippen LogP contribution in [-0.2, 0) is 10.8 Å². The average molecular weight is 178 g/mol. The van der Waals surface area contributed by atoms with Crippen LogP contribution in [0, 0.1) is 5.92 Å². The van der Waals surface area contributed by atoms with Crippen molar-refractivity contribution in [1.29, 1.82) is 0 Å². The maximum absolute atomic E-state index is 10.6. The summed E-state index contributed by atoms with van der Waals surface area (Å²) in [5.74, 6) is 2.61. The van der Waals surface area contributed by atoms with Crippen LogP contribution in [-0.4, -0.2) is 15.7 Å². The Morgan fingerprint density at radius 1 is 1.18 bits per heavy atom. The fraction of sp³-hybridized carbons (Fsp3) is 1.00. The van der Waals surface area contributed by atoms with Crippen LogP contribution in [0.2, 0.25) is 0 Å². The van der Waals surface area contributed by atoms with Gasteiger partial charge in [0.15, 0.2) is 0 Å². The van der Waals surface area contributed by atoms with E-state index in [1.807, 2.05) is 27.7 Å². The van der Waals surface area contributed by atoms with Crippen LogP contribution < -0.4 is 0 Å². The first kappa shape index (κ1) is 13.7. The molecule has 0 spiro atoms. The minimum absolute atomic E-state index is 0.453. The first-order chi connectivity index (χ1) is 5.29. The second-order valence-electron chi connectivity index (χ2n) is 2.20. The highest BCUT2D eigenvalue weighted by Gasteiger charge is 2.15. The van der Waals surface area contributed by atoms with Crippen LogP contribution in [0.15, 0.2) is 0 Å². The third kappa shape index (κ3) is 8.05. The van der Waals surface area contributed by atoms with E-state index in [0.717, 1.165) is 17.4 Å². The molecule has 11 heavy (non-hydrogen) atoms. The Kier molecular flexibility index (Phi) is 12.7. The van der Waals surface area contributed by atoms with Gasteiger partial charge >= 0.3 is 0 Å². The summed E-state index contributed by atoms with van der Waals surface area (Å²) < 4.78 is 10.6. The molecule has 1 aliphatic heterocycles. The van der Waals surface area contributed by atoms with Crippen molar-refractivity contribution in [3.8, 4) is 0 Å². The summed E-state index contributed by atoms with van der Waals surface area (Å²) in [6, 6.07) is 0. The van der Waals surface area contributed by atoms with Crippen molar-refractivity contribution in [2.45, 2.75) is 41.0 Å². The molecular formula is C9H22OS. The highest BCUT2D eigenvalue weighted by atomic mass is 32.2. The van der Waals surface area contributed by atoms with E-state index in [2.05, 4.69) is 6.92 Å². The van der Waals surface area contributed by atoms with Crippen LogP contribution in [0.4, 0.5) is 0 Å².